The molecule has 7 heteroatoms. The molecule has 1 aromatic carbocycles. The highest BCUT2D eigenvalue weighted by molar-refractivity contribution is 5.34. The van der Waals surface area contributed by atoms with Gasteiger partial charge in [0.05, 0.1) is 18.7 Å². The second-order valence-corrected chi connectivity index (χ2v) is 4.57. The van der Waals surface area contributed by atoms with Crippen LogP contribution in [0, 0.1) is 23.0 Å². The van der Waals surface area contributed by atoms with Gasteiger partial charge in [-0.1, -0.05) is 6.07 Å². The molecule has 0 aliphatic heterocycles. The standard InChI is InChI=1S/C13H12F2N4O/c1-13(6-16,10-3-2-9(14)4-11(10)15)12(20)5-19-8-17-7-18-19/h2-4,7-8,12,20H,5H2,1H3. The number of aliphatic hydroxyl groups is 1. The number of benzene rings is 1. The molecule has 2 unspecified atom stereocenters. The largest absolute Gasteiger partial charge is 0.389 e. The Balaban J connectivity index is 2.35. The fourth-order valence-electron chi connectivity index (χ4n) is 1.91. The summed E-state index contributed by atoms with van der Waals surface area (Å²) in [4.78, 5) is 3.72. The van der Waals surface area contributed by atoms with Gasteiger partial charge in [-0.2, -0.15) is 10.4 Å². The molecule has 2 rings (SSSR count). The van der Waals surface area contributed by atoms with E-state index in [4.69, 9.17) is 0 Å². The van der Waals surface area contributed by atoms with E-state index in [9.17, 15) is 19.1 Å². The molecule has 20 heavy (non-hydrogen) atoms. The molecular weight excluding hydrogens is 266 g/mol. The van der Waals surface area contributed by atoms with Crippen molar-refractivity contribution in [2.45, 2.75) is 25.0 Å². The van der Waals surface area contributed by atoms with Crippen molar-refractivity contribution in [1.29, 1.82) is 5.26 Å². The number of aliphatic hydroxyl groups excluding tert-OH is 1. The van der Waals surface area contributed by atoms with Gasteiger partial charge < -0.3 is 5.11 Å². The van der Waals surface area contributed by atoms with E-state index in [-0.39, 0.29) is 12.1 Å². The quantitative estimate of drug-likeness (QED) is 0.917. The van der Waals surface area contributed by atoms with Crippen LogP contribution in [0.15, 0.2) is 30.9 Å². The molecule has 5 nitrogen and oxygen atoms in total. The Hall–Kier alpha value is -2.33. The molecule has 0 amide bonds. The molecule has 0 radical (unpaired) electrons. The number of hydrogen-bond acceptors (Lipinski definition) is 4. The molecule has 0 aliphatic carbocycles. The molecular formula is C13H12F2N4O. The Bertz CT molecular complexity index is 638. The third kappa shape index (κ3) is 2.51. The zero-order valence-corrected chi connectivity index (χ0v) is 10.7. The Morgan fingerprint density at radius 1 is 1.50 bits per heavy atom. The van der Waals surface area contributed by atoms with Crippen molar-refractivity contribution in [2.24, 2.45) is 0 Å². The van der Waals surface area contributed by atoms with Crippen molar-refractivity contribution in [1.82, 2.24) is 14.8 Å². The van der Waals surface area contributed by atoms with Gasteiger partial charge in [0.15, 0.2) is 0 Å². The lowest BCUT2D eigenvalue weighted by Gasteiger charge is -2.28. The average Bonchev–Trinajstić information content (AvgIpc) is 2.90. The molecule has 1 N–H and O–H groups in total. The lowest BCUT2D eigenvalue weighted by atomic mass is 9.78. The fourth-order valence-corrected chi connectivity index (χ4v) is 1.91. The first-order chi connectivity index (χ1) is 9.47. The lowest BCUT2D eigenvalue weighted by molar-refractivity contribution is 0.0945. The van der Waals surface area contributed by atoms with Crippen molar-refractivity contribution >= 4 is 0 Å². The monoisotopic (exact) mass is 278 g/mol. The zero-order valence-electron chi connectivity index (χ0n) is 10.7. The highest BCUT2D eigenvalue weighted by Crippen LogP contribution is 2.30. The van der Waals surface area contributed by atoms with Gasteiger partial charge in [0, 0.05) is 11.6 Å². The lowest BCUT2D eigenvalue weighted by Crippen LogP contribution is -2.39. The summed E-state index contributed by atoms with van der Waals surface area (Å²) in [5.74, 6) is -1.61. The van der Waals surface area contributed by atoms with E-state index in [0.717, 1.165) is 6.07 Å². The first-order valence-electron chi connectivity index (χ1n) is 5.84. The Morgan fingerprint density at radius 3 is 2.80 bits per heavy atom. The molecule has 0 saturated heterocycles. The summed E-state index contributed by atoms with van der Waals surface area (Å²) >= 11 is 0. The summed E-state index contributed by atoms with van der Waals surface area (Å²) in [6.45, 7) is 1.37. The summed E-state index contributed by atoms with van der Waals surface area (Å²) in [5, 5.41) is 23.3. The number of nitrogens with zero attached hydrogens (tertiary/aromatic N) is 4. The molecule has 0 fully saturated rings. The average molecular weight is 278 g/mol. The molecule has 1 aromatic heterocycles. The van der Waals surface area contributed by atoms with Crippen LogP contribution in [-0.2, 0) is 12.0 Å². The van der Waals surface area contributed by atoms with Crippen LogP contribution in [0.1, 0.15) is 12.5 Å². The highest BCUT2D eigenvalue weighted by Gasteiger charge is 2.38. The van der Waals surface area contributed by atoms with Gasteiger partial charge in [-0.25, -0.2) is 13.8 Å². The van der Waals surface area contributed by atoms with Crippen LogP contribution < -0.4 is 0 Å². The fraction of sp³-hybridized carbons (Fsp3) is 0.308. The molecule has 0 spiro atoms. The number of hydrogen-bond donors (Lipinski definition) is 1. The summed E-state index contributed by atoms with van der Waals surface area (Å²) in [7, 11) is 0. The van der Waals surface area contributed by atoms with E-state index in [1.54, 1.807) is 0 Å². The van der Waals surface area contributed by atoms with Crippen molar-refractivity contribution in [3.63, 3.8) is 0 Å². The van der Waals surface area contributed by atoms with Gasteiger partial charge in [-0.15, -0.1) is 0 Å². The molecule has 0 bridgehead atoms. The topological polar surface area (TPSA) is 74.7 Å². The summed E-state index contributed by atoms with van der Waals surface area (Å²) in [6.07, 6.45) is 1.44. The minimum absolute atomic E-state index is 0.0269. The molecule has 0 saturated carbocycles. The van der Waals surface area contributed by atoms with Crippen LogP contribution in [0.2, 0.25) is 0 Å². The predicted molar refractivity (Wildman–Crippen MR) is 65.4 cm³/mol. The van der Waals surface area contributed by atoms with Crippen LogP contribution in [0.3, 0.4) is 0 Å². The molecule has 104 valence electrons. The van der Waals surface area contributed by atoms with E-state index in [1.165, 1.54) is 30.3 Å². The van der Waals surface area contributed by atoms with E-state index in [0.29, 0.717) is 6.07 Å². The first-order valence-corrected chi connectivity index (χ1v) is 5.84. The first kappa shape index (κ1) is 14.1. The van der Waals surface area contributed by atoms with Crippen LogP contribution in [0.25, 0.3) is 0 Å². The number of rotatable bonds is 4. The van der Waals surface area contributed by atoms with Crippen LogP contribution in [0.4, 0.5) is 8.78 Å². The Morgan fingerprint density at radius 2 is 2.25 bits per heavy atom. The number of aromatic nitrogens is 3. The van der Waals surface area contributed by atoms with Gasteiger partial charge in [0.25, 0.3) is 0 Å². The summed E-state index contributed by atoms with van der Waals surface area (Å²) in [6, 6.07) is 4.80. The Kier molecular flexibility index (Phi) is 3.77. The van der Waals surface area contributed by atoms with Crippen LogP contribution in [0.5, 0.6) is 0 Å². The maximum atomic E-state index is 13.8. The maximum Gasteiger partial charge on any atom is 0.137 e. The highest BCUT2D eigenvalue weighted by atomic mass is 19.1. The van der Waals surface area contributed by atoms with Crippen LogP contribution in [-0.4, -0.2) is 26.0 Å². The molecule has 2 aromatic rings. The molecule has 1 heterocycles. The maximum absolute atomic E-state index is 13.8. The number of halogens is 2. The van der Waals surface area contributed by atoms with Crippen molar-refractivity contribution in [3.05, 3.63) is 48.1 Å². The van der Waals surface area contributed by atoms with Crippen molar-refractivity contribution in [3.8, 4) is 6.07 Å². The molecule has 2 atom stereocenters. The van der Waals surface area contributed by atoms with Gasteiger partial charge in [-0.05, 0) is 13.0 Å². The second kappa shape index (κ2) is 5.35. The van der Waals surface area contributed by atoms with Crippen molar-refractivity contribution in [2.75, 3.05) is 0 Å². The molecule has 0 aliphatic rings. The smallest absolute Gasteiger partial charge is 0.137 e. The van der Waals surface area contributed by atoms with E-state index in [2.05, 4.69) is 10.1 Å². The predicted octanol–water partition coefficient (Wildman–Crippen LogP) is 1.40. The van der Waals surface area contributed by atoms with Gasteiger partial charge >= 0.3 is 0 Å². The third-order valence-electron chi connectivity index (χ3n) is 3.22. The third-order valence-corrected chi connectivity index (χ3v) is 3.22. The van der Waals surface area contributed by atoms with E-state index in [1.807, 2.05) is 6.07 Å². The van der Waals surface area contributed by atoms with Gasteiger partial charge in [0.1, 0.15) is 29.7 Å². The summed E-state index contributed by atoms with van der Waals surface area (Å²) < 4.78 is 28.1. The Labute approximate surface area is 114 Å². The minimum atomic E-state index is -1.52. The minimum Gasteiger partial charge on any atom is -0.389 e. The van der Waals surface area contributed by atoms with Crippen LogP contribution >= 0.6 is 0 Å². The summed E-state index contributed by atoms with van der Waals surface area (Å²) in [5.41, 5.74) is -1.59. The zero-order chi connectivity index (χ0) is 14.8. The van der Waals surface area contributed by atoms with Gasteiger partial charge in [-0.3, -0.25) is 4.68 Å². The van der Waals surface area contributed by atoms with E-state index < -0.39 is 23.2 Å². The second-order valence-electron chi connectivity index (χ2n) is 4.57. The van der Waals surface area contributed by atoms with E-state index >= 15 is 0 Å². The SMILES string of the molecule is CC(C#N)(c1ccc(F)cc1F)C(O)Cn1cncn1. The normalized spacial score (nSPS) is 15.3. The van der Waals surface area contributed by atoms with Crippen molar-refractivity contribution < 1.29 is 13.9 Å². The van der Waals surface area contributed by atoms with Gasteiger partial charge in [0.2, 0.25) is 0 Å². The number of nitriles is 1.